The highest BCUT2D eigenvalue weighted by Crippen LogP contribution is 2.28. The quantitative estimate of drug-likeness (QED) is 0.0590. The topological polar surface area (TPSA) is 137 Å². The highest BCUT2D eigenvalue weighted by atomic mass is 16.5. The predicted octanol–water partition coefficient (Wildman–Crippen LogP) is 6.03. The van der Waals surface area contributed by atoms with Crippen molar-refractivity contribution < 1.29 is 39.8 Å². The lowest BCUT2D eigenvalue weighted by Gasteiger charge is -2.23. The maximum Gasteiger partial charge on any atom is 0.334 e. The van der Waals surface area contributed by atoms with Crippen LogP contribution in [0.4, 0.5) is 0 Å². The van der Waals surface area contributed by atoms with Crippen molar-refractivity contribution in [1.82, 2.24) is 0 Å². The summed E-state index contributed by atoms with van der Waals surface area (Å²) in [6.07, 6.45) is 17.9. The van der Waals surface area contributed by atoms with E-state index >= 15 is 0 Å². The van der Waals surface area contributed by atoms with E-state index in [1.165, 1.54) is 51.4 Å². The van der Waals surface area contributed by atoms with Gasteiger partial charge in [0.15, 0.2) is 0 Å². The Morgan fingerprint density at radius 3 is 1.70 bits per heavy atom. The first kappa shape index (κ1) is 38.2. The van der Waals surface area contributed by atoms with Crippen LogP contribution in [0.5, 0.6) is 0 Å². The highest BCUT2D eigenvalue weighted by Gasteiger charge is 2.34. The molecule has 2 aliphatic heterocycles. The van der Waals surface area contributed by atoms with Crippen LogP contribution in [0.25, 0.3) is 0 Å². The second-order valence-corrected chi connectivity index (χ2v) is 13.3. The summed E-state index contributed by atoms with van der Waals surface area (Å²) in [5.41, 5.74) is 0.542. The van der Waals surface area contributed by atoms with Gasteiger partial charge in [0.05, 0.1) is 42.7 Å². The van der Waals surface area contributed by atoms with Gasteiger partial charge in [0.25, 0.3) is 0 Å². The van der Waals surface area contributed by atoms with Crippen LogP contribution in [0.1, 0.15) is 155 Å². The summed E-state index contributed by atoms with van der Waals surface area (Å²) in [7, 11) is 0. The Morgan fingerprint density at radius 2 is 1.14 bits per heavy atom. The molecule has 8 nitrogen and oxygen atoms in total. The van der Waals surface area contributed by atoms with Crippen molar-refractivity contribution in [3.8, 4) is 0 Å². The fraction of sp³-hybridized carbons (Fsp3) is 0.914. The average molecular weight is 613 g/mol. The van der Waals surface area contributed by atoms with Gasteiger partial charge in [0.2, 0.25) is 0 Å². The van der Waals surface area contributed by atoms with Crippen molar-refractivity contribution in [3.63, 3.8) is 0 Å². The van der Waals surface area contributed by atoms with Crippen molar-refractivity contribution in [2.75, 3.05) is 0 Å². The van der Waals surface area contributed by atoms with Gasteiger partial charge >= 0.3 is 5.97 Å². The standard InChI is InChI=1S/C35H64O8/c1-3-4-5-6-7-8-9-10-11-14-19-31(39)33-22-23-34(43-33)32(40)21-16-20-30(38)29(37)18-15-12-13-17-28(36)25-27-24-26(2)42-35(27)41/h24,26,28-34,36-40H,3-23,25H2,1-2H3/t26-,28+,29+,30+,31+,32+,33-,34+/m0/s1. The molecule has 2 heterocycles. The van der Waals surface area contributed by atoms with Gasteiger partial charge in [-0.3, -0.25) is 0 Å². The molecule has 5 N–H and O–H groups in total. The molecule has 2 aliphatic rings. The molecule has 43 heavy (non-hydrogen) atoms. The van der Waals surface area contributed by atoms with Crippen LogP contribution < -0.4 is 0 Å². The summed E-state index contributed by atoms with van der Waals surface area (Å²) in [6, 6.07) is 0. The number of cyclic esters (lactones) is 1. The first-order valence-corrected chi connectivity index (χ1v) is 17.7. The van der Waals surface area contributed by atoms with E-state index in [2.05, 4.69) is 6.92 Å². The van der Waals surface area contributed by atoms with E-state index in [9.17, 15) is 30.3 Å². The number of ether oxygens (including phenoxy) is 2. The number of unbranched alkanes of at least 4 members (excludes halogenated alkanes) is 11. The Morgan fingerprint density at radius 1 is 0.674 bits per heavy atom. The molecule has 0 saturated carbocycles. The van der Waals surface area contributed by atoms with Gasteiger partial charge in [-0.25, -0.2) is 4.79 Å². The molecule has 0 amide bonds. The normalized spacial score (nSPS) is 24.0. The van der Waals surface area contributed by atoms with Crippen LogP contribution in [0.2, 0.25) is 0 Å². The number of carbonyl (C=O) groups is 1. The number of carbonyl (C=O) groups excluding carboxylic acids is 1. The van der Waals surface area contributed by atoms with E-state index < -0.39 is 30.5 Å². The maximum atomic E-state index is 11.7. The molecule has 0 aromatic rings. The molecule has 0 spiro atoms. The lowest BCUT2D eigenvalue weighted by Crippen LogP contribution is -2.31. The lowest BCUT2D eigenvalue weighted by molar-refractivity contribution is -0.139. The number of aliphatic hydroxyl groups is 5. The van der Waals surface area contributed by atoms with Crippen LogP contribution in [-0.4, -0.2) is 80.3 Å². The van der Waals surface area contributed by atoms with Crippen molar-refractivity contribution in [1.29, 1.82) is 0 Å². The third kappa shape index (κ3) is 16.2. The van der Waals surface area contributed by atoms with E-state index in [4.69, 9.17) is 9.47 Å². The summed E-state index contributed by atoms with van der Waals surface area (Å²) in [4.78, 5) is 11.7. The van der Waals surface area contributed by atoms with Gasteiger partial charge in [-0.05, 0) is 64.4 Å². The number of rotatable bonds is 26. The summed E-state index contributed by atoms with van der Waals surface area (Å²) >= 11 is 0. The van der Waals surface area contributed by atoms with Crippen molar-refractivity contribution in [3.05, 3.63) is 11.6 Å². The fourth-order valence-electron chi connectivity index (χ4n) is 6.44. The van der Waals surface area contributed by atoms with Crippen LogP contribution in [0, 0.1) is 0 Å². The second kappa shape index (κ2) is 22.5. The van der Waals surface area contributed by atoms with Crippen molar-refractivity contribution in [2.24, 2.45) is 0 Å². The van der Waals surface area contributed by atoms with E-state index in [0.29, 0.717) is 44.1 Å². The Labute approximate surface area is 261 Å². The zero-order valence-corrected chi connectivity index (χ0v) is 27.2. The molecule has 252 valence electrons. The Balaban J connectivity index is 1.46. The molecule has 0 aromatic heterocycles. The summed E-state index contributed by atoms with van der Waals surface area (Å²) < 4.78 is 11.1. The average Bonchev–Trinajstić information content (AvgIpc) is 3.59. The second-order valence-electron chi connectivity index (χ2n) is 13.3. The third-order valence-electron chi connectivity index (χ3n) is 9.22. The zero-order valence-electron chi connectivity index (χ0n) is 27.2. The number of hydrogen-bond acceptors (Lipinski definition) is 8. The van der Waals surface area contributed by atoms with E-state index in [-0.39, 0.29) is 24.3 Å². The number of esters is 1. The Hall–Kier alpha value is -1.03. The first-order chi connectivity index (χ1) is 20.7. The van der Waals surface area contributed by atoms with Crippen LogP contribution in [-0.2, 0) is 14.3 Å². The van der Waals surface area contributed by atoms with Crippen molar-refractivity contribution >= 4 is 5.97 Å². The monoisotopic (exact) mass is 612 g/mol. The molecule has 1 saturated heterocycles. The predicted molar refractivity (Wildman–Crippen MR) is 170 cm³/mol. The molecular weight excluding hydrogens is 548 g/mol. The summed E-state index contributed by atoms with van der Waals surface area (Å²) in [6.45, 7) is 4.04. The smallest absolute Gasteiger partial charge is 0.334 e. The largest absolute Gasteiger partial charge is 0.455 e. The lowest BCUT2D eigenvalue weighted by atomic mass is 9.97. The first-order valence-electron chi connectivity index (χ1n) is 17.7. The minimum atomic E-state index is -0.833. The van der Waals surface area contributed by atoms with Gasteiger partial charge in [-0.1, -0.05) is 90.4 Å². The van der Waals surface area contributed by atoms with Crippen LogP contribution in [0.3, 0.4) is 0 Å². The summed E-state index contributed by atoms with van der Waals surface area (Å²) in [5.74, 6) is -0.343. The molecule has 0 unspecified atom stereocenters. The van der Waals surface area contributed by atoms with E-state index in [1.807, 2.05) is 0 Å². The molecule has 1 fully saturated rings. The molecule has 0 aliphatic carbocycles. The van der Waals surface area contributed by atoms with Gasteiger partial charge in [0, 0.05) is 12.0 Å². The number of hydrogen-bond donors (Lipinski definition) is 5. The van der Waals surface area contributed by atoms with E-state index in [0.717, 1.165) is 51.4 Å². The third-order valence-corrected chi connectivity index (χ3v) is 9.22. The molecular formula is C35H64O8. The minimum Gasteiger partial charge on any atom is -0.455 e. The van der Waals surface area contributed by atoms with Crippen LogP contribution >= 0.6 is 0 Å². The molecule has 0 bridgehead atoms. The van der Waals surface area contributed by atoms with Gasteiger partial charge < -0.3 is 35.0 Å². The SMILES string of the molecule is CCCCCCCCCCCC[C@@H](O)[C@@H]1CC[C@H]([C@H](O)CCC[C@@H](O)[C@H](O)CCCCC[C@@H](O)CC2=C[C@H](C)OC2=O)O1. The van der Waals surface area contributed by atoms with Gasteiger partial charge in [-0.15, -0.1) is 0 Å². The van der Waals surface area contributed by atoms with E-state index in [1.54, 1.807) is 13.0 Å². The number of aliphatic hydroxyl groups excluding tert-OH is 5. The minimum absolute atomic E-state index is 0.202. The van der Waals surface area contributed by atoms with Gasteiger partial charge in [-0.2, -0.15) is 0 Å². The summed E-state index contributed by atoms with van der Waals surface area (Å²) in [5, 5.41) is 52.1. The molecule has 0 aromatic carbocycles. The van der Waals surface area contributed by atoms with Crippen LogP contribution in [0.15, 0.2) is 11.6 Å². The molecule has 8 heteroatoms. The maximum absolute atomic E-state index is 11.7. The molecule has 8 atom stereocenters. The fourth-order valence-corrected chi connectivity index (χ4v) is 6.44. The highest BCUT2D eigenvalue weighted by molar-refractivity contribution is 5.90. The van der Waals surface area contributed by atoms with Crippen molar-refractivity contribution in [2.45, 2.75) is 204 Å². The zero-order chi connectivity index (χ0) is 31.5. The molecule has 2 rings (SSSR count). The molecule has 0 radical (unpaired) electrons. The Bertz CT molecular complexity index is 758. The Kier molecular flexibility index (Phi) is 19.9. The van der Waals surface area contributed by atoms with Gasteiger partial charge in [0.1, 0.15) is 6.10 Å².